The van der Waals surface area contributed by atoms with Crippen LogP contribution in [0, 0.1) is 0 Å². The summed E-state index contributed by atoms with van der Waals surface area (Å²) >= 11 is 0. The molecular weight excluding hydrogens is 252 g/mol. The average molecular weight is 269 g/mol. The molecule has 19 heavy (non-hydrogen) atoms. The van der Waals surface area contributed by atoms with E-state index in [0.29, 0.717) is 12.4 Å². The van der Waals surface area contributed by atoms with Crippen LogP contribution < -0.4 is 10.4 Å². The molecule has 0 unspecified atom stereocenters. The van der Waals surface area contributed by atoms with Crippen LogP contribution in [-0.2, 0) is 9.16 Å². The van der Waals surface area contributed by atoms with Crippen molar-refractivity contribution in [1.82, 2.24) is 0 Å². The number of hydrogen-bond acceptors (Lipinski definition) is 2. The summed E-state index contributed by atoms with van der Waals surface area (Å²) in [6.45, 7) is 4.34. The van der Waals surface area contributed by atoms with Gasteiger partial charge in [0.1, 0.15) is 6.61 Å². The van der Waals surface area contributed by atoms with Crippen molar-refractivity contribution >= 4 is 19.4 Å². The Morgan fingerprint density at radius 2 is 1.42 bits per heavy atom. The molecule has 2 rings (SSSR count). The molecule has 0 bridgehead atoms. The lowest BCUT2D eigenvalue weighted by Crippen LogP contribution is -2.44. The third kappa shape index (κ3) is 3.81. The fourth-order valence-electron chi connectivity index (χ4n) is 1.80. The standard InChI is InChI=1S/C16H17O2Si/c1-14(13-17-2)18-19(15-9-5-3-6-10-15)16-11-7-4-8-12-16/h3-12H,1,13H2,2H3. The van der Waals surface area contributed by atoms with Gasteiger partial charge in [0, 0.05) is 7.11 Å². The zero-order valence-electron chi connectivity index (χ0n) is 11.0. The van der Waals surface area contributed by atoms with Crippen LogP contribution >= 0.6 is 0 Å². The van der Waals surface area contributed by atoms with Gasteiger partial charge in [0.05, 0.1) is 5.76 Å². The van der Waals surface area contributed by atoms with Crippen LogP contribution in [-0.4, -0.2) is 22.8 Å². The Hall–Kier alpha value is -1.84. The van der Waals surface area contributed by atoms with Gasteiger partial charge in [-0.25, -0.2) is 0 Å². The lowest BCUT2D eigenvalue weighted by Gasteiger charge is -2.18. The van der Waals surface area contributed by atoms with Crippen LogP contribution in [0.25, 0.3) is 0 Å². The van der Waals surface area contributed by atoms with Crippen molar-refractivity contribution in [1.29, 1.82) is 0 Å². The first-order valence-corrected chi connectivity index (χ1v) is 7.54. The van der Waals surface area contributed by atoms with Gasteiger partial charge in [0.25, 0.3) is 0 Å². The van der Waals surface area contributed by atoms with E-state index >= 15 is 0 Å². The fourth-order valence-corrected chi connectivity index (χ4v) is 3.71. The molecule has 0 heterocycles. The minimum Gasteiger partial charge on any atom is -0.534 e. The molecule has 0 atom stereocenters. The summed E-state index contributed by atoms with van der Waals surface area (Å²) in [6.07, 6.45) is 0. The fraction of sp³-hybridized carbons (Fsp3) is 0.125. The highest BCUT2D eigenvalue weighted by molar-refractivity contribution is 6.80. The third-order valence-electron chi connectivity index (χ3n) is 2.62. The SMILES string of the molecule is C=C(COC)O[Si](c1ccccc1)c1ccccc1. The number of hydrogen-bond donors (Lipinski definition) is 0. The van der Waals surface area contributed by atoms with Crippen LogP contribution in [0.1, 0.15) is 0 Å². The predicted octanol–water partition coefficient (Wildman–Crippen LogP) is 1.97. The minimum atomic E-state index is -1.30. The molecular formula is C16H17O2Si. The van der Waals surface area contributed by atoms with E-state index in [0.717, 1.165) is 0 Å². The Morgan fingerprint density at radius 3 is 1.84 bits per heavy atom. The summed E-state index contributed by atoms with van der Waals surface area (Å²) in [6, 6.07) is 20.6. The Kier molecular flexibility index (Phi) is 4.95. The van der Waals surface area contributed by atoms with E-state index in [4.69, 9.17) is 9.16 Å². The quantitative estimate of drug-likeness (QED) is 0.589. The van der Waals surface area contributed by atoms with E-state index < -0.39 is 9.04 Å². The Morgan fingerprint density at radius 1 is 0.947 bits per heavy atom. The summed E-state index contributed by atoms with van der Waals surface area (Å²) in [5, 5.41) is 2.41. The number of ether oxygens (including phenoxy) is 1. The highest BCUT2D eigenvalue weighted by Gasteiger charge is 2.21. The first kappa shape index (κ1) is 13.6. The van der Waals surface area contributed by atoms with Crippen molar-refractivity contribution in [2.24, 2.45) is 0 Å². The van der Waals surface area contributed by atoms with Crippen LogP contribution in [0.2, 0.25) is 0 Å². The van der Waals surface area contributed by atoms with E-state index in [1.54, 1.807) is 7.11 Å². The number of methoxy groups -OCH3 is 1. The van der Waals surface area contributed by atoms with Gasteiger partial charge in [0.15, 0.2) is 0 Å². The molecule has 3 heteroatoms. The smallest absolute Gasteiger partial charge is 0.352 e. The largest absolute Gasteiger partial charge is 0.534 e. The molecule has 0 aromatic heterocycles. The molecule has 2 aromatic carbocycles. The lowest BCUT2D eigenvalue weighted by molar-refractivity contribution is 0.191. The highest BCUT2D eigenvalue weighted by atomic mass is 28.3. The molecule has 2 aromatic rings. The maximum absolute atomic E-state index is 6.05. The molecule has 97 valence electrons. The van der Waals surface area contributed by atoms with Crippen molar-refractivity contribution in [3.05, 3.63) is 73.0 Å². The second-order valence-electron chi connectivity index (χ2n) is 4.13. The van der Waals surface area contributed by atoms with Crippen LogP contribution in [0.5, 0.6) is 0 Å². The van der Waals surface area contributed by atoms with Crippen molar-refractivity contribution < 1.29 is 9.16 Å². The molecule has 0 saturated carbocycles. The summed E-state index contributed by atoms with van der Waals surface area (Å²) in [4.78, 5) is 0. The summed E-state index contributed by atoms with van der Waals surface area (Å²) < 4.78 is 11.1. The Bertz CT molecular complexity index is 471. The van der Waals surface area contributed by atoms with Gasteiger partial charge in [-0.1, -0.05) is 67.2 Å². The first-order chi connectivity index (χ1) is 9.31. The predicted molar refractivity (Wildman–Crippen MR) is 80.0 cm³/mol. The normalized spacial score (nSPS) is 10.4. The van der Waals surface area contributed by atoms with E-state index in [2.05, 4.69) is 30.8 Å². The van der Waals surface area contributed by atoms with Crippen LogP contribution in [0.3, 0.4) is 0 Å². The van der Waals surface area contributed by atoms with Crippen LogP contribution in [0.4, 0.5) is 0 Å². The first-order valence-electron chi connectivity index (χ1n) is 6.13. The van der Waals surface area contributed by atoms with Gasteiger partial charge in [-0.15, -0.1) is 0 Å². The zero-order chi connectivity index (χ0) is 13.5. The molecule has 0 N–H and O–H groups in total. The van der Waals surface area contributed by atoms with E-state index in [1.807, 2.05) is 36.4 Å². The third-order valence-corrected chi connectivity index (χ3v) is 4.83. The second-order valence-corrected chi connectivity index (χ2v) is 6.15. The molecule has 1 radical (unpaired) electrons. The van der Waals surface area contributed by atoms with E-state index in [-0.39, 0.29) is 0 Å². The molecule has 0 aliphatic heterocycles. The minimum absolute atomic E-state index is 0.424. The topological polar surface area (TPSA) is 18.5 Å². The van der Waals surface area contributed by atoms with Gasteiger partial charge in [0.2, 0.25) is 0 Å². The molecule has 2 nitrogen and oxygen atoms in total. The monoisotopic (exact) mass is 269 g/mol. The zero-order valence-corrected chi connectivity index (χ0v) is 12.0. The number of rotatable bonds is 6. The molecule has 0 spiro atoms. The molecule has 0 aliphatic rings. The maximum atomic E-state index is 6.05. The van der Waals surface area contributed by atoms with Gasteiger partial charge in [-0.05, 0) is 10.4 Å². The van der Waals surface area contributed by atoms with Gasteiger partial charge < -0.3 is 9.16 Å². The maximum Gasteiger partial charge on any atom is 0.352 e. The summed E-state index contributed by atoms with van der Waals surface area (Å²) in [7, 11) is 0.344. The second kappa shape index (κ2) is 6.92. The highest BCUT2D eigenvalue weighted by Crippen LogP contribution is 2.01. The summed E-state index contributed by atoms with van der Waals surface area (Å²) in [5.74, 6) is 0.670. The van der Waals surface area contributed by atoms with Crippen molar-refractivity contribution in [3.8, 4) is 0 Å². The molecule has 0 saturated heterocycles. The van der Waals surface area contributed by atoms with E-state index in [1.165, 1.54) is 10.4 Å². The molecule has 0 amide bonds. The average Bonchev–Trinajstić information content (AvgIpc) is 2.47. The Balaban J connectivity index is 2.26. The van der Waals surface area contributed by atoms with E-state index in [9.17, 15) is 0 Å². The van der Waals surface area contributed by atoms with Crippen molar-refractivity contribution in [2.75, 3.05) is 13.7 Å². The van der Waals surface area contributed by atoms with Gasteiger partial charge in [-0.2, -0.15) is 0 Å². The number of benzene rings is 2. The lowest BCUT2D eigenvalue weighted by atomic mass is 10.4. The molecule has 0 fully saturated rings. The van der Waals surface area contributed by atoms with Crippen molar-refractivity contribution in [2.45, 2.75) is 0 Å². The van der Waals surface area contributed by atoms with Gasteiger partial charge in [-0.3, -0.25) is 0 Å². The van der Waals surface area contributed by atoms with Crippen molar-refractivity contribution in [3.63, 3.8) is 0 Å². The summed E-state index contributed by atoms with van der Waals surface area (Å²) in [5.41, 5.74) is 0. The Labute approximate surface area is 116 Å². The van der Waals surface area contributed by atoms with Crippen LogP contribution in [0.15, 0.2) is 73.0 Å². The molecule has 0 aliphatic carbocycles. The van der Waals surface area contributed by atoms with Gasteiger partial charge >= 0.3 is 9.04 Å².